The van der Waals surface area contributed by atoms with Gasteiger partial charge in [0.05, 0.1) is 21.4 Å². The lowest BCUT2D eigenvalue weighted by atomic mass is 10.0. The largest absolute Gasteiger partial charge is 0.369 e. The van der Waals surface area contributed by atoms with Crippen LogP contribution in [0.3, 0.4) is 0 Å². The summed E-state index contributed by atoms with van der Waals surface area (Å²) in [7, 11) is 1.91. The highest BCUT2D eigenvalue weighted by molar-refractivity contribution is 6.42. The van der Waals surface area contributed by atoms with Crippen LogP contribution in [0.4, 0.5) is 11.4 Å². The zero-order valence-corrected chi connectivity index (χ0v) is 15.0. The third-order valence-electron chi connectivity index (χ3n) is 4.38. The van der Waals surface area contributed by atoms with E-state index in [0.29, 0.717) is 21.7 Å². The molecule has 0 aromatic heterocycles. The number of nitrogens with two attached hydrogens (primary N) is 1. The van der Waals surface area contributed by atoms with Gasteiger partial charge in [0.2, 0.25) is 5.96 Å². The van der Waals surface area contributed by atoms with Crippen LogP contribution in [0.25, 0.3) is 22.9 Å². The lowest BCUT2D eigenvalue weighted by Crippen LogP contribution is -2.33. The van der Waals surface area contributed by atoms with E-state index < -0.39 is 0 Å². The Kier molecular flexibility index (Phi) is 3.91. The first-order valence-electron chi connectivity index (χ1n) is 7.81. The Morgan fingerprint density at radius 1 is 0.960 bits per heavy atom. The quantitative estimate of drug-likeness (QED) is 0.364. The highest BCUT2D eigenvalue weighted by Gasteiger charge is 2.15. The molecule has 0 atom stereocenters. The van der Waals surface area contributed by atoms with E-state index in [1.54, 1.807) is 18.2 Å². The zero-order valence-electron chi connectivity index (χ0n) is 13.5. The topological polar surface area (TPSA) is 41.6 Å². The molecule has 2 N–H and O–H groups in total. The summed E-state index contributed by atoms with van der Waals surface area (Å²) in [6.07, 6.45) is 4.27. The van der Waals surface area contributed by atoms with E-state index in [0.717, 1.165) is 11.1 Å². The Morgan fingerprint density at radius 3 is 2.48 bits per heavy atom. The molecule has 0 fully saturated rings. The molecule has 3 nitrogen and oxygen atoms in total. The Bertz CT molecular complexity index is 1040. The van der Waals surface area contributed by atoms with Crippen LogP contribution in [0.15, 0.2) is 53.5 Å². The van der Waals surface area contributed by atoms with Crippen LogP contribution >= 0.6 is 23.2 Å². The van der Waals surface area contributed by atoms with E-state index in [1.807, 2.05) is 11.9 Å². The van der Waals surface area contributed by atoms with Crippen LogP contribution in [0, 0.1) is 0 Å². The molecule has 0 unspecified atom stereocenters. The van der Waals surface area contributed by atoms with Gasteiger partial charge in [-0.2, -0.15) is 0 Å². The van der Waals surface area contributed by atoms with Gasteiger partial charge in [-0.3, -0.25) is 0 Å². The van der Waals surface area contributed by atoms with Crippen LogP contribution in [-0.2, 0) is 0 Å². The van der Waals surface area contributed by atoms with Gasteiger partial charge < -0.3 is 10.6 Å². The van der Waals surface area contributed by atoms with Crippen LogP contribution < -0.4 is 10.6 Å². The normalized spacial score (nSPS) is 12.8. The molecule has 124 valence electrons. The first-order chi connectivity index (χ1) is 12.0. The maximum absolute atomic E-state index is 6.24. The molecule has 3 aromatic carbocycles. The van der Waals surface area contributed by atoms with E-state index in [2.05, 4.69) is 47.5 Å². The summed E-state index contributed by atoms with van der Waals surface area (Å²) in [5.41, 5.74) is 10.3. The van der Waals surface area contributed by atoms with E-state index in [9.17, 15) is 0 Å². The SMILES string of the molecule is CN(C(N)=Nc1ccc(Cl)c(Cl)c1)c1ccc2c3c(cccc13)C=C2. The average Bonchev–Trinajstić information content (AvgIpc) is 3.03. The van der Waals surface area contributed by atoms with E-state index in [1.165, 1.54) is 16.5 Å². The Hall–Kier alpha value is -2.49. The van der Waals surface area contributed by atoms with Gasteiger partial charge in [-0.05, 0) is 40.8 Å². The molecule has 0 spiro atoms. The van der Waals surface area contributed by atoms with Crippen molar-refractivity contribution in [2.24, 2.45) is 10.7 Å². The number of aliphatic imine (C=N–C) groups is 1. The number of benzene rings is 3. The minimum Gasteiger partial charge on any atom is -0.369 e. The van der Waals surface area contributed by atoms with Gasteiger partial charge in [-0.1, -0.05) is 59.6 Å². The van der Waals surface area contributed by atoms with Crippen LogP contribution in [0.5, 0.6) is 0 Å². The highest BCUT2D eigenvalue weighted by Crippen LogP contribution is 2.36. The summed E-state index contributed by atoms with van der Waals surface area (Å²) in [5, 5.41) is 3.34. The predicted octanol–water partition coefficient (Wildman–Crippen LogP) is 5.71. The maximum Gasteiger partial charge on any atom is 0.200 e. The Balaban J connectivity index is 1.76. The van der Waals surface area contributed by atoms with Crippen LogP contribution in [-0.4, -0.2) is 13.0 Å². The van der Waals surface area contributed by atoms with Crippen LogP contribution in [0.2, 0.25) is 10.0 Å². The fraction of sp³-hybridized carbons (Fsp3) is 0.0500. The Morgan fingerprint density at radius 2 is 1.72 bits per heavy atom. The van der Waals surface area contributed by atoms with Crippen molar-refractivity contribution in [3.8, 4) is 0 Å². The second-order valence-electron chi connectivity index (χ2n) is 5.90. The molecule has 5 heteroatoms. The highest BCUT2D eigenvalue weighted by atomic mass is 35.5. The van der Waals surface area contributed by atoms with Gasteiger partial charge in [-0.15, -0.1) is 0 Å². The molecule has 3 aromatic rings. The molecule has 0 aliphatic heterocycles. The average molecular weight is 368 g/mol. The second kappa shape index (κ2) is 6.10. The summed E-state index contributed by atoms with van der Waals surface area (Å²) in [4.78, 5) is 6.34. The molecule has 0 bridgehead atoms. The first kappa shape index (κ1) is 16.0. The van der Waals surface area contributed by atoms with Crippen molar-refractivity contribution in [1.29, 1.82) is 0 Å². The van der Waals surface area contributed by atoms with Gasteiger partial charge in [0.1, 0.15) is 0 Å². The number of rotatable bonds is 2. The predicted molar refractivity (Wildman–Crippen MR) is 109 cm³/mol. The van der Waals surface area contributed by atoms with Gasteiger partial charge in [0.25, 0.3) is 0 Å². The molecule has 0 saturated heterocycles. The molecule has 1 aliphatic rings. The smallest absolute Gasteiger partial charge is 0.200 e. The molecule has 0 radical (unpaired) electrons. The van der Waals surface area contributed by atoms with Gasteiger partial charge in [0, 0.05) is 12.4 Å². The molecule has 1 aliphatic carbocycles. The van der Waals surface area contributed by atoms with Crippen molar-refractivity contribution >= 4 is 63.5 Å². The van der Waals surface area contributed by atoms with E-state index >= 15 is 0 Å². The number of halogens is 2. The van der Waals surface area contributed by atoms with Crippen molar-refractivity contribution in [3.63, 3.8) is 0 Å². The number of nitrogens with zero attached hydrogens (tertiary/aromatic N) is 2. The Labute approximate surface area is 156 Å². The van der Waals surface area contributed by atoms with Crippen molar-refractivity contribution < 1.29 is 0 Å². The first-order valence-corrected chi connectivity index (χ1v) is 8.57. The summed E-state index contributed by atoms with van der Waals surface area (Å²) in [6.45, 7) is 0. The third-order valence-corrected chi connectivity index (χ3v) is 5.12. The third kappa shape index (κ3) is 2.76. The second-order valence-corrected chi connectivity index (χ2v) is 6.72. The standard InChI is InChI=1S/C20H15Cl2N3/c1-25(20(23)24-14-8-9-16(21)17(22)11-14)18-10-7-13-6-5-12-3-2-4-15(18)19(12)13/h2-11H,1H3,(H2,23,24). The molecule has 4 rings (SSSR count). The monoisotopic (exact) mass is 367 g/mol. The molecule has 0 heterocycles. The minimum atomic E-state index is 0.380. The fourth-order valence-corrected chi connectivity index (χ4v) is 3.38. The summed E-state index contributed by atoms with van der Waals surface area (Å²) in [6, 6.07) is 15.6. The number of hydrogen-bond donors (Lipinski definition) is 1. The van der Waals surface area contributed by atoms with Gasteiger partial charge in [-0.25, -0.2) is 4.99 Å². The number of hydrogen-bond acceptors (Lipinski definition) is 1. The molecule has 0 saturated carbocycles. The number of anilines is 1. The summed E-state index contributed by atoms with van der Waals surface area (Å²) < 4.78 is 0. The van der Waals surface area contributed by atoms with Crippen molar-refractivity contribution in [1.82, 2.24) is 0 Å². The molecule has 0 amide bonds. The van der Waals surface area contributed by atoms with E-state index in [4.69, 9.17) is 28.9 Å². The van der Waals surface area contributed by atoms with Crippen molar-refractivity contribution in [2.75, 3.05) is 11.9 Å². The molecule has 25 heavy (non-hydrogen) atoms. The van der Waals surface area contributed by atoms with Crippen LogP contribution in [0.1, 0.15) is 11.1 Å². The summed E-state index contributed by atoms with van der Waals surface area (Å²) >= 11 is 12.0. The zero-order chi connectivity index (χ0) is 17.6. The fourth-order valence-electron chi connectivity index (χ4n) is 3.08. The van der Waals surface area contributed by atoms with Gasteiger partial charge in [0.15, 0.2) is 0 Å². The maximum atomic E-state index is 6.24. The lowest BCUT2D eigenvalue weighted by Gasteiger charge is -2.21. The van der Waals surface area contributed by atoms with Crippen molar-refractivity contribution in [3.05, 3.63) is 69.7 Å². The van der Waals surface area contributed by atoms with Crippen molar-refractivity contribution in [2.45, 2.75) is 0 Å². The lowest BCUT2D eigenvalue weighted by molar-refractivity contribution is 1.23. The summed E-state index contributed by atoms with van der Waals surface area (Å²) in [5.74, 6) is 0.380. The van der Waals surface area contributed by atoms with E-state index in [-0.39, 0.29) is 0 Å². The molecular formula is C20H15Cl2N3. The minimum absolute atomic E-state index is 0.380. The van der Waals surface area contributed by atoms with Gasteiger partial charge >= 0.3 is 0 Å². The molecular weight excluding hydrogens is 353 g/mol. The number of guanidine groups is 1.